The molecule has 0 spiro atoms. The van der Waals surface area contributed by atoms with E-state index < -0.39 is 10.0 Å². The van der Waals surface area contributed by atoms with Crippen LogP contribution < -0.4 is 10.5 Å². The average Bonchev–Trinajstić information content (AvgIpc) is 2.28. The maximum Gasteiger partial charge on any atom is 0.263 e. The van der Waals surface area contributed by atoms with Crippen LogP contribution in [-0.2, 0) is 10.0 Å². The van der Waals surface area contributed by atoms with E-state index in [9.17, 15) is 8.42 Å². The van der Waals surface area contributed by atoms with E-state index in [1.807, 2.05) is 0 Å². The number of aryl methyl sites for hydroxylation is 1. The van der Waals surface area contributed by atoms with Crippen LogP contribution in [-0.4, -0.2) is 18.4 Å². The van der Waals surface area contributed by atoms with Gasteiger partial charge in [0.05, 0.1) is 4.90 Å². The van der Waals surface area contributed by atoms with Crippen molar-refractivity contribution in [1.82, 2.24) is 9.97 Å². The number of nitrogens with one attached hydrogen (secondary N) is 1. The van der Waals surface area contributed by atoms with Gasteiger partial charge in [-0.2, -0.15) is 0 Å². The minimum Gasteiger partial charge on any atom is -0.384 e. The maximum atomic E-state index is 12.0. The number of anilines is 2. The summed E-state index contributed by atoms with van der Waals surface area (Å²) in [5.41, 5.74) is 6.18. The maximum absolute atomic E-state index is 12.0. The van der Waals surface area contributed by atoms with Crippen molar-refractivity contribution in [2.75, 3.05) is 10.5 Å². The summed E-state index contributed by atoms with van der Waals surface area (Å²) in [4.78, 5) is 7.87. The molecule has 0 aromatic carbocycles. The zero-order valence-electron chi connectivity index (χ0n) is 9.66. The minimum absolute atomic E-state index is 0.0540. The van der Waals surface area contributed by atoms with E-state index in [0.717, 1.165) is 5.69 Å². The van der Waals surface area contributed by atoms with Gasteiger partial charge in [-0.15, -0.1) is 0 Å². The first-order valence-corrected chi connectivity index (χ1v) is 6.64. The molecule has 0 saturated carbocycles. The zero-order valence-corrected chi connectivity index (χ0v) is 10.5. The van der Waals surface area contributed by atoms with Crippen molar-refractivity contribution >= 4 is 21.7 Å². The van der Waals surface area contributed by atoms with Crippen molar-refractivity contribution in [1.29, 1.82) is 0 Å². The van der Waals surface area contributed by atoms with Crippen LogP contribution in [0.5, 0.6) is 0 Å². The number of pyridine rings is 2. The molecule has 6 nitrogen and oxygen atoms in total. The Kier molecular flexibility index (Phi) is 3.15. The second-order valence-electron chi connectivity index (χ2n) is 3.69. The molecule has 0 aliphatic rings. The second kappa shape index (κ2) is 4.61. The Morgan fingerprint density at radius 3 is 2.72 bits per heavy atom. The SMILES string of the molecule is Cc1cccc(NS(=O)(=O)c2ccnc(N)c2)n1. The molecular weight excluding hydrogens is 252 g/mol. The molecule has 7 heteroatoms. The Bertz CT molecular complexity index is 670. The van der Waals surface area contributed by atoms with Crippen LogP contribution in [0.2, 0.25) is 0 Å². The Morgan fingerprint density at radius 1 is 1.28 bits per heavy atom. The number of hydrogen-bond acceptors (Lipinski definition) is 5. The third-order valence-electron chi connectivity index (χ3n) is 2.19. The van der Waals surface area contributed by atoms with Crippen LogP contribution in [0, 0.1) is 6.92 Å². The fourth-order valence-electron chi connectivity index (χ4n) is 1.39. The molecule has 0 bridgehead atoms. The molecule has 94 valence electrons. The smallest absolute Gasteiger partial charge is 0.263 e. The highest BCUT2D eigenvalue weighted by molar-refractivity contribution is 7.92. The van der Waals surface area contributed by atoms with Crippen molar-refractivity contribution in [2.45, 2.75) is 11.8 Å². The summed E-state index contributed by atoms with van der Waals surface area (Å²) in [6.07, 6.45) is 1.34. The number of rotatable bonds is 3. The average molecular weight is 264 g/mol. The van der Waals surface area contributed by atoms with Gasteiger partial charge in [0.15, 0.2) is 0 Å². The number of sulfonamides is 1. The van der Waals surface area contributed by atoms with E-state index in [2.05, 4.69) is 14.7 Å². The fraction of sp³-hybridized carbons (Fsp3) is 0.0909. The van der Waals surface area contributed by atoms with Crippen molar-refractivity contribution in [2.24, 2.45) is 0 Å². The highest BCUT2D eigenvalue weighted by Crippen LogP contribution is 2.15. The monoisotopic (exact) mass is 264 g/mol. The minimum atomic E-state index is -3.69. The van der Waals surface area contributed by atoms with Crippen molar-refractivity contribution in [3.05, 3.63) is 42.2 Å². The molecule has 0 aliphatic carbocycles. The Balaban J connectivity index is 2.33. The molecule has 2 rings (SSSR count). The number of nitrogens with two attached hydrogens (primary N) is 1. The first-order valence-electron chi connectivity index (χ1n) is 5.15. The molecule has 0 fully saturated rings. The van der Waals surface area contributed by atoms with E-state index in [-0.39, 0.29) is 16.5 Å². The Morgan fingerprint density at radius 2 is 2.06 bits per heavy atom. The summed E-state index contributed by atoms with van der Waals surface area (Å²) in [7, 11) is -3.69. The lowest BCUT2D eigenvalue weighted by molar-refractivity contribution is 0.601. The Hall–Kier alpha value is -2.15. The lowest BCUT2D eigenvalue weighted by Gasteiger charge is -2.07. The lowest BCUT2D eigenvalue weighted by atomic mass is 10.4. The quantitative estimate of drug-likeness (QED) is 0.867. The fourth-order valence-corrected chi connectivity index (χ4v) is 2.41. The van der Waals surface area contributed by atoms with Gasteiger partial charge < -0.3 is 5.73 Å². The van der Waals surface area contributed by atoms with Gasteiger partial charge in [-0.05, 0) is 25.1 Å². The highest BCUT2D eigenvalue weighted by atomic mass is 32.2. The molecule has 3 N–H and O–H groups in total. The third kappa shape index (κ3) is 2.75. The third-order valence-corrected chi connectivity index (χ3v) is 3.54. The molecular formula is C11H12N4O2S. The number of nitrogen functional groups attached to an aromatic ring is 1. The van der Waals surface area contributed by atoms with Crippen LogP contribution >= 0.6 is 0 Å². The van der Waals surface area contributed by atoms with Gasteiger partial charge in [-0.3, -0.25) is 4.72 Å². The van der Waals surface area contributed by atoms with Gasteiger partial charge in [0.25, 0.3) is 10.0 Å². The Labute approximate surface area is 105 Å². The largest absolute Gasteiger partial charge is 0.384 e. The van der Waals surface area contributed by atoms with Crippen LogP contribution in [0.25, 0.3) is 0 Å². The lowest BCUT2D eigenvalue weighted by Crippen LogP contribution is -2.14. The van der Waals surface area contributed by atoms with Crippen LogP contribution in [0.15, 0.2) is 41.4 Å². The molecule has 0 atom stereocenters. The van der Waals surface area contributed by atoms with Gasteiger partial charge >= 0.3 is 0 Å². The number of hydrogen-bond donors (Lipinski definition) is 2. The van der Waals surface area contributed by atoms with Gasteiger partial charge in [0, 0.05) is 18.0 Å². The van der Waals surface area contributed by atoms with Gasteiger partial charge in [-0.25, -0.2) is 18.4 Å². The summed E-state index contributed by atoms with van der Waals surface area (Å²) in [5, 5.41) is 0. The molecule has 2 heterocycles. The molecule has 0 radical (unpaired) electrons. The van der Waals surface area contributed by atoms with Crippen LogP contribution in [0.4, 0.5) is 11.6 Å². The van der Waals surface area contributed by atoms with Gasteiger partial charge in [-0.1, -0.05) is 6.07 Å². The standard InChI is InChI=1S/C11H12N4O2S/c1-8-3-2-4-11(14-8)15-18(16,17)9-5-6-13-10(12)7-9/h2-7H,1H3,(H2,12,13)(H,14,15). The van der Waals surface area contributed by atoms with Crippen molar-refractivity contribution in [3.63, 3.8) is 0 Å². The molecule has 18 heavy (non-hydrogen) atoms. The summed E-state index contributed by atoms with van der Waals surface area (Å²) in [6, 6.07) is 7.74. The van der Waals surface area contributed by atoms with Crippen molar-refractivity contribution < 1.29 is 8.42 Å². The van der Waals surface area contributed by atoms with E-state index in [4.69, 9.17) is 5.73 Å². The summed E-state index contributed by atoms with van der Waals surface area (Å²) >= 11 is 0. The molecule has 2 aromatic heterocycles. The summed E-state index contributed by atoms with van der Waals surface area (Å²) in [6.45, 7) is 1.78. The summed E-state index contributed by atoms with van der Waals surface area (Å²) < 4.78 is 26.4. The first kappa shape index (κ1) is 12.3. The number of aromatic nitrogens is 2. The van der Waals surface area contributed by atoms with E-state index in [0.29, 0.717) is 0 Å². The van der Waals surface area contributed by atoms with Crippen LogP contribution in [0.3, 0.4) is 0 Å². The van der Waals surface area contributed by atoms with E-state index >= 15 is 0 Å². The molecule has 0 amide bonds. The second-order valence-corrected chi connectivity index (χ2v) is 5.37. The summed E-state index contributed by atoms with van der Waals surface area (Å²) in [5.74, 6) is 0.417. The molecule has 0 saturated heterocycles. The predicted molar refractivity (Wildman–Crippen MR) is 68.4 cm³/mol. The van der Waals surface area contributed by atoms with E-state index in [1.165, 1.54) is 18.3 Å². The highest BCUT2D eigenvalue weighted by Gasteiger charge is 2.15. The molecule has 0 aliphatic heterocycles. The van der Waals surface area contributed by atoms with Crippen LogP contribution in [0.1, 0.15) is 5.69 Å². The predicted octanol–water partition coefficient (Wildman–Crippen LogP) is 1.17. The van der Waals surface area contributed by atoms with Gasteiger partial charge in [0.1, 0.15) is 11.6 Å². The van der Waals surface area contributed by atoms with E-state index in [1.54, 1.807) is 25.1 Å². The van der Waals surface area contributed by atoms with Gasteiger partial charge in [0.2, 0.25) is 0 Å². The normalized spacial score (nSPS) is 11.2. The molecule has 0 unspecified atom stereocenters. The zero-order chi connectivity index (χ0) is 13.2. The van der Waals surface area contributed by atoms with Crippen molar-refractivity contribution in [3.8, 4) is 0 Å². The topological polar surface area (TPSA) is 98.0 Å². The number of nitrogens with zero attached hydrogens (tertiary/aromatic N) is 2. The molecule has 2 aromatic rings. The first-order chi connectivity index (χ1) is 8.47.